The molecule has 5 nitrogen and oxygen atoms in total. The predicted molar refractivity (Wildman–Crippen MR) is 99.0 cm³/mol. The summed E-state index contributed by atoms with van der Waals surface area (Å²) in [7, 11) is 0. The topological polar surface area (TPSA) is 51.5 Å². The Morgan fingerprint density at radius 2 is 1.96 bits per heavy atom. The van der Waals surface area contributed by atoms with Gasteiger partial charge in [0.25, 0.3) is 0 Å². The number of carbonyl (C=O) groups excluding carboxylic acids is 2. The standard InChI is InChI=1S/C19H22N2O3S/c1-13(22)21-10-8-14-11-16(5-6-17(14)21)25-20-9-7-15(12-20)18(23)24-19(2,3)4/h5-7,9,11-12H,8,10H2,1-4H3. The van der Waals surface area contributed by atoms with Crippen molar-refractivity contribution in [3.8, 4) is 0 Å². The van der Waals surface area contributed by atoms with Gasteiger partial charge in [-0.2, -0.15) is 0 Å². The molecule has 0 spiro atoms. The maximum Gasteiger partial charge on any atom is 0.340 e. The fourth-order valence-electron chi connectivity index (χ4n) is 2.78. The zero-order valence-corrected chi connectivity index (χ0v) is 15.7. The lowest BCUT2D eigenvalue weighted by Crippen LogP contribution is -2.25. The predicted octanol–water partition coefficient (Wildman–Crippen LogP) is 3.91. The summed E-state index contributed by atoms with van der Waals surface area (Å²) in [5, 5.41) is 0. The number of nitrogens with zero attached hydrogens (tertiary/aromatic N) is 2. The van der Waals surface area contributed by atoms with E-state index in [4.69, 9.17) is 4.74 Å². The molecule has 0 bridgehead atoms. The van der Waals surface area contributed by atoms with E-state index in [0.29, 0.717) is 5.56 Å². The summed E-state index contributed by atoms with van der Waals surface area (Å²) in [5.74, 6) is -0.246. The van der Waals surface area contributed by atoms with Crippen LogP contribution in [-0.4, -0.2) is 28.0 Å². The minimum absolute atomic E-state index is 0.0755. The van der Waals surface area contributed by atoms with Gasteiger partial charge in [0.15, 0.2) is 0 Å². The number of benzene rings is 1. The number of rotatable bonds is 3. The average molecular weight is 358 g/mol. The first-order valence-corrected chi connectivity index (χ1v) is 9.01. The highest BCUT2D eigenvalue weighted by Crippen LogP contribution is 2.32. The van der Waals surface area contributed by atoms with Crippen LogP contribution in [0, 0.1) is 0 Å². The zero-order chi connectivity index (χ0) is 18.2. The highest BCUT2D eigenvalue weighted by molar-refractivity contribution is 7.97. The highest BCUT2D eigenvalue weighted by atomic mass is 32.2. The van der Waals surface area contributed by atoms with Gasteiger partial charge in [-0.25, -0.2) is 4.79 Å². The molecule has 0 unspecified atom stereocenters. The molecule has 0 aliphatic carbocycles. The molecule has 0 fully saturated rings. The summed E-state index contributed by atoms with van der Waals surface area (Å²) in [5.41, 5.74) is 2.21. The van der Waals surface area contributed by atoms with Crippen molar-refractivity contribution in [2.24, 2.45) is 0 Å². The van der Waals surface area contributed by atoms with Crippen molar-refractivity contribution in [3.05, 3.63) is 47.8 Å². The zero-order valence-electron chi connectivity index (χ0n) is 14.9. The van der Waals surface area contributed by atoms with Crippen molar-refractivity contribution in [1.82, 2.24) is 3.97 Å². The average Bonchev–Trinajstić information content (AvgIpc) is 3.11. The Kier molecular flexibility index (Phi) is 4.64. The lowest BCUT2D eigenvalue weighted by atomic mass is 10.2. The van der Waals surface area contributed by atoms with Gasteiger partial charge in [-0.1, -0.05) is 0 Å². The summed E-state index contributed by atoms with van der Waals surface area (Å²) >= 11 is 1.52. The van der Waals surface area contributed by atoms with E-state index in [9.17, 15) is 9.59 Å². The van der Waals surface area contributed by atoms with E-state index < -0.39 is 5.60 Å². The molecule has 0 radical (unpaired) electrons. The van der Waals surface area contributed by atoms with E-state index in [1.165, 1.54) is 17.5 Å². The number of hydrogen-bond donors (Lipinski definition) is 0. The molecule has 2 aromatic rings. The fourth-order valence-corrected chi connectivity index (χ4v) is 3.63. The molecule has 6 heteroatoms. The maximum absolute atomic E-state index is 12.1. The molecule has 0 N–H and O–H groups in total. The Hall–Kier alpha value is -2.21. The van der Waals surface area contributed by atoms with E-state index in [1.54, 1.807) is 24.1 Å². The molecule has 0 atom stereocenters. The van der Waals surface area contributed by atoms with Crippen molar-refractivity contribution < 1.29 is 14.3 Å². The third-order valence-corrected chi connectivity index (χ3v) is 4.74. The fraction of sp³-hybridized carbons (Fsp3) is 0.368. The van der Waals surface area contributed by atoms with Crippen LogP contribution in [0.5, 0.6) is 0 Å². The van der Waals surface area contributed by atoms with Gasteiger partial charge in [-0.15, -0.1) is 0 Å². The lowest BCUT2D eigenvalue weighted by molar-refractivity contribution is -0.116. The van der Waals surface area contributed by atoms with Gasteiger partial charge < -0.3 is 9.64 Å². The molecule has 1 amide bonds. The third-order valence-electron chi connectivity index (χ3n) is 3.84. The minimum Gasteiger partial charge on any atom is -0.456 e. The molecule has 2 heterocycles. The molecule has 3 rings (SSSR count). The number of aromatic nitrogens is 1. The number of fused-ring (bicyclic) bond motifs is 1. The summed E-state index contributed by atoms with van der Waals surface area (Å²) in [6, 6.07) is 7.85. The van der Waals surface area contributed by atoms with Gasteiger partial charge in [-0.3, -0.25) is 8.77 Å². The van der Waals surface area contributed by atoms with Gasteiger partial charge in [-0.05, 0) is 69.0 Å². The van der Waals surface area contributed by atoms with E-state index >= 15 is 0 Å². The molecule has 0 saturated carbocycles. The maximum atomic E-state index is 12.1. The van der Waals surface area contributed by atoms with Crippen LogP contribution < -0.4 is 4.90 Å². The SMILES string of the molecule is CC(=O)N1CCc2cc(Sn3ccc(C(=O)OC(C)(C)C)c3)ccc21. The van der Waals surface area contributed by atoms with E-state index in [2.05, 4.69) is 6.07 Å². The van der Waals surface area contributed by atoms with E-state index in [-0.39, 0.29) is 11.9 Å². The molecule has 1 aliphatic heterocycles. The Morgan fingerprint density at radius 3 is 2.64 bits per heavy atom. The van der Waals surface area contributed by atoms with Crippen molar-refractivity contribution in [2.75, 3.05) is 11.4 Å². The molecule has 132 valence electrons. The largest absolute Gasteiger partial charge is 0.456 e. The summed E-state index contributed by atoms with van der Waals surface area (Å²) in [4.78, 5) is 26.6. The van der Waals surface area contributed by atoms with Crippen molar-refractivity contribution >= 4 is 29.5 Å². The Bertz CT molecular complexity index is 820. The first kappa shape index (κ1) is 17.6. The quantitative estimate of drug-likeness (QED) is 0.781. The number of hydrogen-bond acceptors (Lipinski definition) is 4. The van der Waals surface area contributed by atoms with Gasteiger partial charge in [0.2, 0.25) is 5.91 Å². The third kappa shape index (κ3) is 4.07. The lowest BCUT2D eigenvalue weighted by Gasteiger charge is -2.18. The molecule has 0 saturated heterocycles. The number of carbonyl (C=O) groups is 2. The Morgan fingerprint density at radius 1 is 1.20 bits per heavy atom. The van der Waals surface area contributed by atoms with Gasteiger partial charge in [0, 0.05) is 36.4 Å². The Balaban J connectivity index is 1.72. The smallest absolute Gasteiger partial charge is 0.340 e. The van der Waals surface area contributed by atoms with Crippen LogP contribution in [0.25, 0.3) is 0 Å². The van der Waals surface area contributed by atoms with Crippen molar-refractivity contribution in [3.63, 3.8) is 0 Å². The summed E-state index contributed by atoms with van der Waals surface area (Å²) in [6.07, 6.45) is 4.49. The van der Waals surface area contributed by atoms with Crippen LogP contribution >= 0.6 is 11.9 Å². The molecule has 1 aliphatic rings. The normalized spacial score (nSPS) is 13.7. The van der Waals surface area contributed by atoms with Crippen LogP contribution in [-0.2, 0) is 16.0 Å². The molecular weight excluding hydrogens is 336 g/mol. The molecule has 1 aromatic carbocycles. The number of ether oxygens (including phenoxy) is 1. The van der Waals surface area contributed by atoms with Crippen molar-refractivity contribution in [1.29, 1.82) is 0 Å². The van der Waals surface area contributed by atoms with Gasteiger partial charge in [0.05, 0.1) is 5.56 Å². The van der Waals surface area contributed by atoms with E-state index in [1.807, 2.05) is 43.1 Å². The Labute approximate surface area is 152 Å². The van der Waals surface area contributed by atoms with Gasteiger partial charge in [0.1, 0.15) is 5.60 Å². The summed E-state index contributed by atoms with van der Waals surface area (Å²) < 4.78 is 7.27. The second-order valence-corrected chi connectivity index (χ2v) is 8.14. The second kappa shape index (κ2) is 6.59. The first-order valence-electron chi connectivity index (χ1n) is 8.24. The molecular formula is C19H22N2O3S. The highest BCUT2D eigenvalue weighted by Gasteiger charge is 2.22. The van der Waals surface area contributed by atoms with Crippen LogP contribution in [0.2, 0.25) is 0 Å². The molecule has 1 aromatic heterocycles. The summed E-state index contributed by atoms with van der Waals surface area (Å²) in [6.45, 7) is 7.89. The van der Waals surface area contributed by atoms with Crippen molar-refractivity contribution in [2.45, 2.75) is 44.6 Å². The van der Waals surface area contributed by atoms with E-state index in [0.717, 1.165) is 23.5 Å². The first-order chi connectivity index (χ1) is 11.7. The van der Waals surface area contributed by atoms with Gasteiger partial charge >= 0.3 is 5.97 Å². The minimum atomic E-state index is -0.505. The van der Waals surface area contributed by atoms with Crippen LogP contribution in [0.3, 0.4) is 0 Å². The second-order valence-electron chi connectivity index (χ2n) is 7.06. The van der Waals surface area contributed by atoms with Crippen LogP contribution in [0.1, 0.15) is 43.6 Å². The number of amides is 1. The molecule has 25 heavy (non-hydrogen) atoms. The van der Waals surface area contributed by atoms with Crippen LogP contribution in [0.4, 0.5) is 5.69 Å². The monoisotopic (exact) mass is 358 g/mol. The number of anilines is 1. The van der Waals surface area contributed by atoms with Crippen LogP contribution in [0.15, 0.2) is 41.6 Å². The number of esters is 1.